The summed E-state index contributed by atoms with van der Waals surface area (Å²) in [5.41, 5.74) is 3.70. The fourth-order valence-corrected chi connectivity index (χ4v) is 7.69. The van der Waals surface area contributed by atoms with Crippen LogP contribution in [0.4, 0.5) is 16.1 Å². The van der Waals surface area contributed by atoms with E-state index in [0.29, 0.717) is 41.8 Å². The number of hydrogen-bond donors (Lipinski definition) is 1. The van der Waals surface area contributed by atoms with Gasteiger partial charge in [0.05, 0.1) is 18.3 Å². The molecule has 13 heteroatoms. The van der Waals surface area contributed by atoms with Crippen LogP contribution in [-0.4, -0.2) is 99.4 Å². The number of fused-ring (bicyclic) bond motifs is 1. The maximum Gasteiger partial charge on any atom is 0.236 e. The van der Waals surface area contributed by atoms with Crippen molar-refractivity contribution in [3.8, 4) is 17.3 Å². The highest BCUT2D eigenvalue weighted by molar-refractivity contribution is 7.20. The predicted molar refractivity (Wildman–Crippen MR) is 170 cm³/mol. The molecule has 2 atom stereocenters. The Kier molecular flexibility index (Phi) is 8.37. The normalized spacial score (nSPS) is 19.0. The van der Waals surface area contributed by atoms with Gasteiger partial charge in [-0.2, -0.15) is 9.78 Å². The Morgan fingerprint density at radius 3 is 2.63 bits per heavy atom. The number of β-amino-alcohol motifs (C(OH)–C–C–N with tert-alkyl or cyclic N) is 1. The summed E-state index contributed by atoms with van der Waals surface area (Å²) in [6.45, 7) is 7.23. The molecule has 0 aliphatic carbocycles. The summed E-state index contributed by atoms with van der Waals surface area (Å²) in [5.74, 6) is 0.939. The van der Waals surface area contributed by atoms with Crippen molar-refractivity contribution in [3.63, 3.8) is 0 Å². The number of thiazole rings is 1. The van der Waals surface area contributed by atoms with E-state index in [1.807, 2.05) is 54.7 Å². The van der Waals surface area contributed by atoms with Crippen molar-refractivity contribution in [2.75, 3.05) is 56.6 Å². The number of imidazole rings is 1. The number of piperidine rings is 1. The van der Waals surface area contributed by atoms with Crippen LogP contribution >= 0.6 is 22.7 Å². The van der Waals surface area contributed by atoms with Crippen LogP contribution in [0.1, 0.15) is 42.3 Å². The molecule has 43 heavy (non-hydrogen) atoms. The zero-order valence-corrected chi connectivity index (χ0v) is 26.7. The molecule has 1 N–H and O–H groups in total. The average Bonchev–Trinajstić information content (AvgIpc) is 3.80. The van der Waals surface area contributed by atoms with Gasteiger partial charge < -0.3 is 19.8 Å². The monoisotopic (exact) mass is 619 g/mol. The molecule has 3 aromatic heterocycles. The van der Waals surface area contributed by atoms with Gasteiger partial charge in [0.1, 0.15) is 16.6 Å². The van der Waals surface area contributed by atoms with E-state index in [-0.39, 0.29) is 11.9 Å². The number of benzene rings is 1. The number of likely N-dealkylation sites (N-methyl/N-ethyl adjacent to an activating group) is 1. The van der Waals surface area contributed by atoms with Crippen molar-refractivity contribution >= 4 is 49.6 Å². The minimum absolute atomic E-state index is 0.0796. The zero-order valence-electron chi connectivity index (χ0n) is 25.0. The number of rotatable bonds is 8. The lowest BCUT2D eigenvalue weighted by Crippen LogP contribution is -2.49. The lowest BCUT2D eigenvalue weighted by Gasteiger charge is -2.37. The highest BCUT2D eigenvalue weighted by atomic mass is 32.1. The van der Waals surface area contributed by atoms with E-state index in [0.717, 1.165) is 65.1 Å². The molecule has 0 spiro atoms. The van der Waals surface area contributed by atoms with E-state index >= 15 is 0 Å². The quantitative estimate of drug-likeness (QED) is 0.313. The molecular weight excluding hydrogens is 583 g/mol. The van der Waals surface area contributed by atoms with Crippen LogP contribution in [0, 0.1) is 18.3 Å². The first-order valence-electron chi connectivity index (χ1n) is 14.8. The molecule has 2 aliphatic heterocycles. The van der Waals surface area contributed by atoms with E-state index in [1.54, 1.807) is 16.2 Å². The maximum atomic E-state index is 12.8. The summed E-state index contributed by atoms with van der Waals surface area (Å²) in [5, 5.41) is 26.4. The predicted octanol–water partition coefficient (Wildman–Crippen LogP) is 3.92. The molecule has 2 aliphatic rings. The standard InChI is InChI=1S/C30H37N9O2S2/c1-5-23-27(36(4)28-33-26(24(15-31)42-28)20-10-8-19(2)9-11-20)39-29(32-23)43-30(34-39)38-13-6-7-21(16-38)35(3)18-25(41)37-14-12-22(40)17-37/h8-11,21-22,40H,5-7,12-14,16-18H2,1-4H3. The number of nitriles is 1. The van der Waals surface area contributed by atoms with Gasteiger partial charge in [0.15, 0.2) is 10.9 Å². The van der Waals surface area contributed by atoms with E-state index in [4.69, 9.17) is 15.1 Å². The molecule has 0 bridgehead atoms. The van der Waals surface area contributed by atoms with Gasteiger partial charge in [-0.3, -0.25) is 9.69 Å². The van der Waals surface area contributed by atoms with Crippen LogP contribution in [0.15, 0.2) is 24.3 Å². The van der Waals surface area contributed by atoms with Gasteiger partial charge in [-0.15, -0.1) is 5.10 Å². The van der Waals surface area contributed by atoms with Crippen LogP contribution < -0.4 is 9.80 Å². The summed E-state index contributed by atoms with van der Waals surface area (Å²) in [6, 6.07) is 10.6. The van der Waals surface area contributed by atoms with Crippen LogP contribution in [0.3, 0.4) is 0 Å². The minimum atomic E-state index is -0.403. The molecule has 0 saturated carbocycles. The van der Waals surface area contributed by atoms with Crippen molar-refractivity contribution in [2.24, 2.45) is 0 Å². The lowest BCUT2D eigenvalue weighted by atomic mass is 10.0. The highest BCUT2D eigenvalue weighted by Crippen LogP contribution is 2.38. The maximum absolute atomic E-state index is 12.8. The number of carbonyl (C=O) groups excluding carboxylic acids is 1. The van der Waals surface area contributed by atoms with E-state index < -0.39 is 6.10 Å². The van der Waals surface area contributed by atoms with Crippen LogP contribution in [0.2, 0.25) is 0 Å². The number of aliphatic hydroxyl groups excluding tert-OH is 1. The number of aromatic nitrogens is 4. The zero-order chi connectivity index (χ0) is 30.2. The van der Waals surface area contributed by atoms with Crippen molar-refractivity contribution in [3.05, 3.63) is 40.4 Å². The number of likely N-dealkylation sites (tertiary alicyclic amines) is 1. The minimum Gasteiger partial charge on any atom is -0.391 e. The Bertz CT molecular complexity index is 1650. The molecule has 4 aromatic rings. The molecular formula is C30H37N9O2S2. The largest absolute Gasteiger partial charge is 0.391 e. The molecule has 1 aromatic carbocycles. The van der Waals surface area contributed by atoms with Crippen LogP contribution in [-0.2, 0) is 11.2 Å². The second-order valence-electron chi connectivity index (χ2n) is 11.5. The summed E-state index contributed by atoms with van der Waals surface area (Å²) in [7, 11) is 3.98. The second kappa shape index (κ2) is 12.2. The first-order valence-corrected chi connectivity index (χ1v) is 16.4. The molecule has 2 saturated heterocycles. The lowest BCUT2D eigenvalue weighted by molar-refractivity contribution is -0.132. The number of amides is 1. The third-order valence-electron chi connectivity index (χ3n) is 8.41. The van der Waals surface area contributed by atoms with Crippen molar-refractivity contribution < 1.29 is 9.90 Å². The molecule has 5 heterocycles. The average molecular weight is 620 g/mol. The molecule has 1 amide bonds. The van der Waals surface area contributed by atoms with E-state index in [9.17, 15) is 15.2 Å². The van der Waals surface area contributed by atoms with Gasteiger partial charge in [-0.25, -0.2) is 9.97 Å². The Balaban J connectivity index is 1.23. The molecule has 226 valence electrons. The van der Waals surface area contributed by atoms with Gasteiger partial charge in [0.2, 0.25) is 16.0 Å². The second-order valence-corrected chi connectivity index (χ2v) is 13.4. The van der Waals surface area contributed by atoms with Gasteiger partial charge in [0.25, 0.3) is 0 Å². The van der Waals surface area contributed by atoms with Crippen molar-refractivity contribution in [1.82, 2.24) is 29.4 Å². The molecule has 2 fully saturated rings. The van der Waals surface area contributed by atoms with Gasteiger partial charge >= 0.3 is 0 Å². The van der Waals surface area contributed by atoms with E-state index in [1.165, 1.54) is 11.3 Å². The number of hydrogen-bond acceptors (Lipinski definition) is 11. The van der Waals surface area contributed by atoms with Gasteiger partial charge in [0, 0.05) is 44.8 Å². The van der Waals surface area contributed by atoms with Crippen molar-refractivity contribution in [2.45, 2.75) is 51.7 Å². The Hall–Kier alpha value is -3.57. The summed E-state index contributed by atoms with van der Waals surface area (Å²) in [4.78, 5) is 32.3. The SMILES string of the molecule is CCc1nc2sc(N3CCCC(N(C)CC(=O)N4CCC(O)C4)C3)nn2c1N(C)c1nc(-c2ccc(C)cc2)c(C#N)s1. The third-order valence-corrected chi connectivity index (χ3v) is 10.4. The molecule has 11 nitrogen and oxygen atoms in total. The topological polar surface area (TPSA) is 117 Å². The molecule has 2 unspecified atom stereocenters. The molecule has 6 rings (SSSR count). The fourth-order valence-electron chi connectivity index (χ4n) is 5.89. The summed E-state index contributed by atoms with van der Waals surface area (Å²) < 4.78 is 1.91. The van der Waals surface area contributed by atoms with Crippen LogP contribution in [0.5, 0.6) is 0 Å². The summed E-state index contributed by atoms with van der Waals surface area (Å²) >= 11 is 2.95. The smallest absolute Gasteiger partial charge is 0.236 e. The Morgan fingerprint density at radius 1 is 1.14 bits per heavy atom. The molecule has 0 radical (unpaired) electrons. The number of aliphatic hydroxyl groups is 1. The number of anilines is 3. The van der Waals surface area contributed by atoms with Crippen LogP contribution in [0.25, 0.3) is 16.2 Å². The highest BCUT2D eigenvalue weighted by Gasteiger charge is 2.31. The Morgan fingerprint density at radius 2 is 1.93 bits per heavy atom. The van der Waals surface area contributed by atoms with E-state index in [2.05, 4.69) is 22.8 Å². The first-order chi connectivity index (χ1) is 20.7. The Labute approximate surface area is 259 Å². The van der Waals surface area contributed by atoms with Gasteiger partial charge in [-0.1, -0.05) is 59.4 Å². The number of aryl methyl sites for hydroxylation is 2. The number of carbonyl (C=O) groups is 1. The first kappa shape index (κ1) is 29.5. The number of nitrogens with zero attached hydrogens (tertiary/aromatic N) is 9. The van der Waals surface area contributed by atoms with Crippen molar-refractivity contribution in [1.29, 1.82) is 5.26 Å². The van der Waals surface area contributed by atoms with Gasteiger partial charge in [-0.05, 0) is 39.7 Å². The fraction of sp³-hybridized carbons (Fsp3) is 0.500. The third kappa shape index (κ3) is 5.84. The summed E-state index contributed by atoms with van der Waals surface area (Å²) in [6.07, 6.45) is 3.03.